The van der Waals surface area contributed by atoms with Crippen molar-refractivity contribution >= 4 is 32.7 Å². The lowest BCUT2D eigenvalue weighted by Crippen LogP contribution is -2.42. The van der Waals surface area contributed by atoms with Crippen LogP contribution in [0.3, 0.4) is 0 Å². The molecule has 2 heterocycles. The van der Waals surface area contributed by atoms with E-state index in [1.807, 2.05) is 13.8 Å². The normalized spacial score (nSPS) is 19.6. The Morgan fingerprint density at radius 1 is 1.19 bits per heavy atom. The molecule has 1 aliphatic heterocycles. The minimum Gasteiger partial charge on any atom is -0.449 e. The number of sulfone groups is 1. The number of nitrogens with zero attached hydrogens (tertiary/aromatic N) is 2. The largest absolute Gasteiger partial charge is 0.449 e. The fraction of sp³-hybridized carbons (Fsp3) is 0.444. The van der Waals surface area contributed by atoms with Crippen LogP contribution in [0.4, 0.5) is 0 Å². The van der Waals surface area contributed by atoms with Crippen molar-refractivity contribution in [1.82, 2.24) is 15.3 Å². The number of ether oxygens (including phenoxy) is 1. The van der Waals surface area contributed by atoms with Gasteiger partial charge in [-0.2, -0.15) is 0 Å². The molecule has 0 radical (unpaired) electrons. The van der Waals surface area contributed by atoms with Gasteiger partial charge in [0.25, 0.3) is 5.91 Å². The molecule has 1 saturated heterocycles. The number of fused-ring (bicyclic) bond motifs is 1. The fourth-order valence-electron chi connectivity index (χ4n) is 2.87. The molecule has 3 rings (SSSR count). The third-order valence-electron chi connectivity index (χ3n) is 4.54. The Bertz CT molecular complexity index is 1020. The first-order valence-corrected chi connectivity index (χ1v) is 10.4. The summed E-state index contributed by atoms with van der Waals surface area (Å²) in [5, 5.41) is 2.62. The lowest BCUT2D eigenvalue weighted by molar-refractivity contribution is -0.129. The summed E-state index contributed by atoms with van der Waals surface area (Å²) in [5.41, 5.74) is 3.09. The number of esters is 1. The lowest BCUT2D eigenvalue weighted by Gasteiger charge is -2.16. The summed E-state index contributed by atoms with van der Waals surface area (Å²) in [6.07, 6.45) is -0.668. The van der Waals surface area contributed by atoms with Gasteiger partial charge in [-0.1, -0.05) is 0 Å². The van der Waals surface area contributed by atoms with Gasteiger partial charge in [0.15, 0.2) is 15.9 Å². The number of hydrogen-bond acceptors (Lipinski definition) is 7. The summed E-state index contributed by atoms with van der Waals surface area (Å²) in [4.78, 5) is 33.3. The number of nitrogens with one attached hydrogen (secondary N) is 1. The Balaban J connectivity index is 1.66. The highest BCUT2D eigenvalue weighted by Gasteiger charge is 2.30. The summed E-state index contributed by atoms with van der Waals surface area (Å²) in [7, 11) is -3.10. The van der Waals surface area contributed by atoms with E-state index >= 15 is 0 Å². The molecule has 1 aromatic heterocycles. The summed E-state index contributed by atoms with van der Waals surface area (Å²) >= 11 is 0. The maximum absolute atomic E-state index is 12.3. The topological polar surface area (TPSA) is 115 Å². The molecule has 144 valence electrons. The number of hydrogen-bond donors (Lipinski definition) is 1. The van der Waals surface area contributed by atoms with Gasteiger partial charge in [0.2, 0.25) is 0 Å². The predicted molar refractivity (Wildman–Crippen MR) is 99.1 cm³/mol. The van der Waals surface area contributed by atoms with E-state index in [-0.39, 0.29) is 17.1 Å². The number of aromatic nitrogens is 2. The Labute approximate surface area is 157 Å². The van der Waals surface area contributed by atoms with Gasteiger partial charge in [0.1, 0.15) is 0 Å². The minimum atomic E-state index is -3.10. The third kappa shape index (κ3) is 4.41. The minimum absolute atomic E-state index is 0.0587. The van der Waals surface area contributed by atoms with Gasteiger partial charge in [-0.3, -0.25) is 4.79 Å². The molecule has 1 fully saturated rings. The quantitative estimate of drug-likeness (QED) is 0.776. The van der Waals surface area contributed by atoms with Crippen molar-refractivity contribution < 1.29 is 22.7 Å². The van der Waals surface area contributed by atoms with E-state index in [0.29, 0.717) is 17.5 Å². The van der Waals surface area contributed by atoms with Crippen molar-refractivity contribution in [3.05, 3.63) is 35.2 Å². The van der Waals surface area contributed by atoms with Gasteiger partial charge in [-0.15, -0.1) is 0 Å². The Morgan fingerprint density at radius 2 is 1.85 bits per heavy atom. The predicted octanol–water partition coefficient (Wildman–Crippen LogP) is 1.10. The Kier molecular flexibility index (Phi) is 5.14. The zero-order valence-electron chi connectivity index (χ0n) is 15.4. The van der Waals surface area contributed by atoms with Gasteiger partial charge in [-0.25, -0.2) is 23.2 Å². The van der Waals surface area contributed by atoms with Crippen LogP contribution in [0, 0.1) is 13.8 Å². The second-order valence-electron chi connectivity index (χ2n) is 6.75. The van der Waals surface area contributed by atoms with E-state index in [0.717, 1.165) is 11.4 Å². The van der Waals surface area contributed by atoms with Gasteiger partial charge >= 0.3 is 5.97 Å². The van der Waals surface area contributed by atoms with E-state index in [2.05, 4.69) is 15.3 Å². The highest BCUT2D eigenvalue weighted by molar-refractivity contribution is 7.91. The van der Waals surface area contributed by atoms with Crippen LogP contribution in [0.5, 0.6) is 0 Å². The van der Waals surface area contributed by atoms with E-state index < -0.39 is 33.9 Å². The van der Waals surface area contributed by atoms with Crippen molar-refractivity contribution in [3.63, 3.8) is 0 Å². The summed E-state index contributed by atoms with van der Waals surface area (Å²) in [6.45, 7) is 5.15. The third-order valence-corrected chi connectivity index (χ3v) is 6.31. The van der Waals surface area contributed by atoms with E-state index in [1.165, 1.54) is 6.92 Å². The van der Waals surface area contributed by atoms with Crippen molar-refractivity contribution in [1.29, 1.82) is 0 Å². The van der Waals surface area contributed by atoms with E-state index in [1.54, 1.807) is 18.2 Å². The maximum atomic E-state index is 12.3. The van der Waals surface area contributed by atoms with Gasteiger partial charge in [0, 0.05) is 6.04 Å². The van der Waals surface area contributed by atoms with Gasteiger partial charge in [0.05, 0.1) is 39.5 Å². The van der Waals surface area contributed by atoms with Gasteiger partial charge in [-0.05, 0) is 45.4 Å². The molecular weight excluding hydrogens is 370 g/mol. The summed E-state index contributed by atoms with van der Waals surface area (Å²) < 4.78 is 28.1. The molecule has 1 amide bonds. The van der Waals surface area contributed by atoms with Gasteiger partial charge < -0.3 is 10.1 Å². The van der Waals surface area contributed by atoms with Crippen molar-refractivity contribution in [3.8, 4) is 0 Å². The summed E-state index contributed by atoms with van der Waals surface area (Å²) in [6, 6.07) is 4.39. The maximum Gasteiger partial charge on any atom is 0.338 e. The monoisotopic (exact) mass is 391 g/mol. The fourth-order valence-corrected chi connectivity index (χ4v) is 4.54. The molecule has 1 N–H and O–H groups in total. The van der Waals surface area contributed by atoms with Crippen LogP contribution in [0.25, 0.3) is 11.0 Å². The van der Waals surface area contributed by atoms with Crippen LogP contribution in [-0.4, -0.2) is 53.9 Å². The first-order chi connectivity index (χ1) is 12.6. The molecule has 1 aliphatic rings. The molecule has 0 aliphatic carbocycles. The standard InChI is InChI=1S/C18H21N3O5S/c1-10-11(2)20-16-8-13(4-5-15(16)19-10)18(23)26-12(3)17(22)21-14-6-7-27(24,25)9-14/h4-5,8,12,14H,6-7,9H2,1-3H3,(H,21,22)/t12-,14-/m1/s1. The zero-order valence-corrected chi connectivity index (χ0v) is 16.2. The molecule has 0 spiro atoms. The average Bonchev–Trinajstić information content (AvgIpc) is 2.93. The number of amides is 1. The van der Waals surface area contributed by atoms with E-state index in [9.17, 15) is 18.0 Å². The lowest BCUT2D eigenvalue weighted by atomic mass is 10.2. The highest BCUT2D eigenvalue weighted by Crippen LogP contribution is 2.16. The van der Waals surface area contributed by atoms with Crippen molar-refractivity contribution in [2.45, 2.75) is 39.3 Å². The van der Waals surface area contributed by atoms with Crippen LogP contribution in [0.1, 0.15) is 35.1 Å². The number of carbonyl (C=O) groups is 2. The number of benzene rings is 1. The second kappa shape index (κ2) is 7.22. The van der Waals surface area contributed by atoms with Crippen LogP contribution >= 0.6 is 0 Å². The molecule has 8 nitrogen and oxygen atoms in total. The first-order valence-electron chi connectivity index (χ1n) is 8.61. The summed E-state index contributed by atoms with van der Waals surface area (Å²) in [5.74, 6) is -1.19. The molecule has 9 heteroatoms. The average molecular weight is 391 g/mol. The number of carbonyl (C=O) groups excluding carboxylic acids is 2. The SMILES string of the molecule is Cc1nc2ccc(C(=O)O[C@H](C)C(=O)N[C@@H]3CCS(=O)(=O)C3)cc2nc1C. The molecule has 2 aromatic rings. The Morgan fingerprint density at radius 3 is 2.48 bits per heavy atom. The van der Waals surface area contributed by atoms with Crippen LogP contribution < -0.4 is 5.32 Å². The first kappa shape index (κ1) is 19.2. The Hall–Kier alpha value is -2.55. The van der Waals surface area contributed by atoms with Crippen LogP contribution in [0.15, 0.2) is 18.2 Å². The molecule has 0 bridgehead atoms. The molecule has 0 unspecified atom stereocenters. The molecule has 27 heavy (non-hydrogen) atoms. The van der Waals surface area contributed by atoms with Crippen molar-refractivity contribution in [2.24, 2.45) is 0 Å². The molecule has 1 aromatic carbocycles. The zero-order chi connectivity index (χ0) is 19.8. The highest BCUT2D eigenvalue weighted by atomic mass is 32.2. The molecular formula is C18H21N3O5S. The van der Waals surface area contributed by atoms with E-state index in [4.69, 9.17) is 4.74 Å². The van der Waals surface area contributed by atoms with Crippen molar-refractivity contribution in [2.75, 3.05) is 11.5 Å². The smallest absolute Gasteiger partial charge is 0.338 e. The van der Waals surface area contributed by atoms with Crippen LogP contribution in [-0.2, 0) is 19.4 Å². The number of rotatable bonds is 4. The molecule has 0 saturated carbocycles. The van der Waals surface area contributed by atoms with Crippen LogP contribution in [0.2, 0.25) is 0 Å². The number of aryl methyl sites for hydroxylation is 2. The second-order valence-corrected chi connectivity index (χ2v) is 8.98. The molecule has 2 atom stereocenters.